The van der Waals surface area contributed by atoms with Gasteiger partial charge in [0.2, 0.25) is 0 Å². The van der Waals surface area contributed by atoms with Crippen molar-refractivity contribution in [3.63, 3.8) is 0 Å². The molecule has 1 aromatic heterocycles. The summed E-state index contributed by atoms with van der Waals surface area (Å²) in [6.07, 6.45) is 2.04. The first-order chi connectivity index (χ1) is 23.1. The number of carbonyl (C=O) groups excluding carboxylic acids is 1. The van der Waals surface area contributed by atoms with E-state index >= 15 is 0 Å². The van der Waals surface area contributed by atoms with Crippen molar-refractivity contribution in [2.45, 2.75) is 92.6 Å². The van der Waals surface area contributed by atoms with Gasteiger partial charge in [-0.1, -0.05) is 29.8 Å². The van der Waals surface area contributed by atoms with Crippen LogP contribution in [0.15, 0.2) is 65.8 Å². The number of halogens is 1. The maximum Gasteiger partial charge on any atom is 0.251 e. The summed E-state index contributed by atoms with van der Waals surface area (Å²) in [5.74, 6) is 0.345. The van der Waals surface area contributed by atoms with E-state index in [1.165, 1.54) is 0 Å². The average Bonchev–Trinajstić information content (AvgIpc) is 4.05. The number of aliphatic hydroxyl groups is 5. The second-order valence-corrected chi connectivity index (χ2v) is 14.3. The van der Waals surface area contributed by atoms with Gasteiger partial charge >= 0.3 is 0 Å². The largest absolute Gasteiger partial charge is 0.611 e. The number of benzene rings is 2. The van der Waals surface area contributed by atoms with Crippen LogP contribution in [0.2, 0.25) is 5.02 Å². The second kappa shape index (κ2) is 16.8. The van der Waals surface area contributed by atoms with Crippen LogP contribution in [0.1, 0.15) is 56.1 Å². The van der Waals surface area contributed by atoms with Crippen LogP contribution in [0.25, 0.3) is 11.1 Å². The van der Waals surface area contributed by atoms with Gasteiger partial charge in [-0.15, -0.1) is 0 Å². The Labute approximate surface area is 288 Å². The fraction of sp³-hybridized carbons (Fsp3) is 0.486. The minimum absolute atomic E-state index is 0.190. The summed E-state index contributed by atoms with van der Waals surface area (Å²) in [4.78, 5) is 17.1. The zero-order valence-electron chi connectivity index (χ0n) is 26.5. The molecule has 6 N–H and O–H groups in total. The van der Waals surface area contributed by atoms with Crippen LogP contribution in [0, 0.1) is 0 Å². The maximum atomic E-state index is 13.1. The van der Waals surface area contributed by atoms with Gasteiger partial charge in [-0.2, -0.15) is 0 Å². The lowest BCUT2D eigenvalue weighted by Gasteiger charge is -2.24. The van der Waals surface area contributed by atoms with E-state index < -0.39 is 53.7 Å². The minimum atomic E-state index is -1.97. The molecule has 5 atom stereocenters. The van der Waals surface area contributed by atoms with E-state index in [1.54, 1.807) is 18.3 Å². The Balaban J connectivity index is 1.11. The Bertz CT molecular complexity index is 1520. The van der Waals surface area contributed by atoms with Crippen LogP contribution in [-0.4, -0.2) is 90.4 Å². The number of aliphatic hydroxyl groups excluding tert-OH is 5. The van der Waals surface area contributed by atoms with E-state index in [9.17, 15) is 29.8 Å². The highest BCUT2D eigenvalue weighted by molar-refractivity contribution is 7.91. The van der Waals surface area contributed by atoms with Crippen LogP contribution in [-0.2, 0) is 32.9 Å². The fourth-order valence-corrected chi connectivity index (χ4v) is 6.79. The summed E-state index contributed by atoms with van der Waals surface area (Å²) in [5.41, 5.74) is 3.30. The highest BCUT2D eigenvalue weighted by atomic mass is 35.5. The van der Waals surface area contributed by atoms with Crippen molar-refractivity contribution < 1.29 is 44.4 Å². The third-order valence-corrected chi connectivity index (χ3v) is 10.4. The van der Waals surface area contributed by atoms with Crippen molar-refractivity contribution >= 4 is 28.7 Å². The molecule has 0 aliphatic heterocycles. The number of nitrogens with one attached hydrogen (secondary N) is 1. The molecule has 2 saturated carbocycles. The van der Waals surface area contributed by atoms with E-state index in [-0.39, 0.29) is 19.3 Å². The molecule has 11 nitrogen and oxygen atoms in total. The monoisotopic (exact) mass is 702 g/mol. The molecular weight excluding hydrogens is 660 g/mol. The van der Waals surface area contributed by atoms with Crippen LogP contribution in [0.5, 0.6) is 5.75 Å². The Morgan fingerprint density at radius 3 is 2.54 bits per heavy atom. The molecule has 1 heterocycles. The van der Waals surface area contributed by atoms with Gasteiger partial charge in [-0.05, 0) is 86.0 Å². The van der Waals surface area contributed by atoms with E-state index in [0.29, 0.717) is 34.9 Å². The van der Waals surface area contributed by atoms with Crippen molar-refractivity contribution in [3.8, 4) is 16.9 Å². The molecule has 0 bridgehead atoms. The first kappa shape index (κ1) is 36.5. The number of pyridine rings is 1. The van der Waals surface area contributed by atoms with Crippen molar-refractivity contribution in [1.82, 2.24) is 10.3 Å². The third-order valence-electron chi connectivity index (χ3n) is 8.62. The predicted octanol–water partition coefficient (Wildman–Crippen LogP) is 2.98. The molecule has 0 spiro atoms. The number of nitrogens with zero attached hydrogens (tertiary/aromatic N) is 1. The number of amides is 1. The number of ether oxygens (including phenoxy) is 2. The van der Waals surface area contributed by atoms with Gasteiger partial charge in [0.1, 0.15) is 29.8 Å². The molecule has 260 valence electrons. The molecule has 48 heavy (non-hydrogen) atoms. The van der Waals surface area contributed by atoms with Crippen molar-refractivity contribution in [3.05, 3.63) is 77.1 Å². The number of para-hydroxylation sites is 1. The summed E-state index contributed by atoms with van der Waals surface area (Å²) in [6.45, 7) is -0.399. The normalized spacial score (nSPS) is 18.4. The molecule has 2 fully saturated rings. The highest BCUT2D eigenvalue weighted by Gasteiger charge is 2.48. The average molecular weight is 703 g/mol. The smallest absolute Gasteiger partial charge is 0.251 e. The SMILES string of the molecule is O=C(NCCCCC[S+]([O-])c1ccc(Cl)c(COC2(c3cnccc3-c3ccccc3OC3CC3)CC2)c1)C(O)C(O)C(O)C(O)CO. The molecule has 5 unspecified atom stereocenters. The topological polar surface area (TPSA) is 185 Å². The molecule has 2 aromatic carbocycles. The van der Waals surface area contributed by atoms with E-state index in [2.05, 4.69) is 16.4 Å². The Morgan fingerprint density at radius 2 is 1.81 bits per heavy atom. The number of unbranched alkanes of at least 4 members (excludes halogenated alkanes) is 2. The molecule has 13 heteroatoms. The van der Waals surface area contributed by atoms with Crippen LogP contribution < -0.4 is 10.1 Å². The predicted molar refractivity (Wildman–Crippen MR) is 180 cm³/mol. The third kappa shape index (κ3) is 9.26. The lowest BCUT2D eigenvalue weighted by molar-refractivity contribution is -0.148. The van der Waals surface area contributed by atoms with E-state index in [1.807, 2.05) is 36.5 Å². The lowest BCUT2D eigenvalue weighted by Crippen LogP contribution is -2.51. The zero-order chi connectivity index (χ0) is 34.3. The molecule has 2 aliphatic rings. The number of rotatable bonds is 19. The van der Waals surface area contributed by atoms with Gasteiger partial charge in [0, 0.05) is 46.7 Å². The van der Waals surface area contributed by atoms with Crippen LogP contribution in [0.3, 0.4) is 0 Å². The molecule has 5 rings (SSSR count). The molecular formula is C35H43ClN2O9S. The molecule has 0 radical (unpaired) electrons. The van der Waals surface area contributed by atoms with Gasteiger partial charge in [-0.25, -0.2) is 0 Å². The minimum Gasteiger partial charge on any atom is -0.611 e. The Hall–Kier alpha value is -2.78. The number of aromatic nitrogens is 1. The zero-order valence-corrected chi connectivity index (χ0v) is 28.1. The van der Waals surface area contributed by atoms with E-state index in [0.717, 1.165) is 53.7 Å². The van der Waals surface area contributed by atoms with Gasteiger partial charge in [-0.3, -0.25) is 9.78 Å². The summed E-state index contributed by atoms with van der Waals surface area (Å²) >= 11 is 5.27. The van der Waals surface area contributed by atoms with Gasteiger partial charge < -0.3 is 44.9 Å². The maximum absolute atomic E-state index is 13.1. The fourth-order valence-electron chi connectivity index (χ4n) is 5.42. The summed E-state index contributed by atoms with van der Waals surface area (Å²) in [5, 5.41) is 50.6. The van der Waals surface area contributed by atoms with Crippen LogP contribution in [0.4, 0.5) is 0 Å². The number of hydrogen-bond donors (Lipinski definition) is 6. The van der Waals surface area contributed by atoms with Crippen LogP contribution >= 0.6 is 11.6 Å². The number of hydrogen-bond acceptors (Lipinski definition) is 10. The van der Waals surface area contributed by atoms with Crippen molar-refractivity contribution in [1.29, 1.82) is 0 Å². The molecule has 1 amide bonds. The first-order valence-electron chi connectivity index (χ1n) is 16.3. The molecule has 0 saturated heterocycles. The standard InChI is InChI=1S/C35H43ClN2O9S/c36-28-11-10-24(48(45)17-5-1-4-15-38-34(44)33(43)32(42)31(41)29(40)20-39)18-22(28)21-46-35(13-14-35)27-19-37-16-12-25(27)26-6-2-3-7-30(26)47-23-8-9-23/h2-3,6-7,10-12,16,18-19,23,29,31-33,39-43H,1,4-5,8-9,13-15,17,20-21H2,(H,38,44). The highest BCUT2D eigenvalue weighted by Crippen LogP contribution is 2.53. The van der Waals surface area contributed by atoms with E-state index in [4.69, 9.17) is 26.2 Å². The summed E-state index contributed by atoms with van der Waals surface area (Å²) in [7, 11) is 0. The first-order valence-corrected chi connectivity index (χ1v) is 18.0. The van der Waals surface area contributed by atoms with Gasteiger partial charge in [0.15, 0.2) is 11.0 Å². The Kier molecular flexibility index (Phi) is 12.7. The van der Waals surface area contributed by atoms with Gasteiger partial charge in [0.05, 0.1) is 24.9 Å². The van der Waals surface area contributed by atoms with Crippen molar-refractivity contribution in [2.24, 2.45) is 0 Å². The molecule has 3 aromatic rings. The lowest BCUT2D eigenvalue weighted by atomic mass is 9.96. The van der Waals surface area contributed by atoms with Crippen molar-refractivity contribution in [2.75, 3.05) is 18.9 Å². The quantitative estimate of drug-likeness (QED) is 0.0802. The Morgan fingerprint density at radius 1 is 1.04 bits per heavy atom. The second-order valence-electron chi connectivity index (χ2n) is 12.3. The van der Waals surface area contributed by atoms with Gasteiger partial charge in [0.25, 0.3) is 5.91 Å². The summed E-state index contributed by atoms with van der Waals surface area (Å²) < 4.78 is 25.9. The molecule has 2 aliphatic carbocycles. The number of carbonyl (C=O) groups is 1. The summed E-state index contributed by atoms with van der Waals surface area (Å²) in [6, 6.07) is 15.4.